The predicted molar refractivity (Wildman–Crippen MR) is 82.2 cm³/mol. The molecule has 1 rings (SSSR count). The number of amides is 1. The lowest BCUT2D eigenvalue weighted by atomic mass is 10.1. The average Bonchev–Trinajstić information content (AvgIpc) is 2.36. The lowest BCUT2D eigenvalue weighted by Crippen LogP contribution is -2.41. The highest BCUT2D eigenvalue weighted by molar-refractivity contribution is 14.1. The number of hydrogen-bond donors (Lipinski definition) is 2. The Hall–Kier alpha value is -0.670. The number of aliphatic carboxylic acids is 1. The molecule has 1 aromatic carbocycles. The summed E-state index contributed by atoms with van der Waals surface area (Å²) in [6.45, 7) is 0.269. The number of hydrogen-bond acceptors (Lipinski definition) is 3. The second-order valence-corrected chi connectivity index (χ2v) is 5.87. The van der Waals surface area contributed by atoms with Crippen molar-refractivity contribution >= 4 is 50.4 Å². The highest BCUT2D eigenvalue weighted by Crippen LogP contribution is 2.19. The number of halogens is 2. The van der Waals surface area contributed by atoms with Crippen molar-refractivity contribution in [2.75, 3.05) is 13.7 Å². The van der Waals surface area contributed by atoms with E-state index in [0.717, 1.165) is 3.57 Å². The molecular weight excluding hydrogens is 429 g/mol. The highest BCUT2D eigenvalue weighted by Gasteiger charge is 2.21. The van der Waals surface area contributed by atoms with Crippen molar-refractivity contribution in [1.82, 2.24) is 5.32 Å². The fraction of sp³-hybridized carbons (Fsp3) is 0.333. The fourth-order valence-electron chi connectivity index (χ4n) is 1.40. The van der Waals surface area contributed by atoms with Crippen LogP contribution in [0.4, 0.5) is 0 Å². The summed E-state index contributed by atoms with van der Waals surface area (Å²) in [7, 11) is 1.48. The number of carbonyl (C=O) groups excluding carboxylic acids is 1. The van der Waals surface area contributed by atoms with E-state index in [4.69, 9.17) is 9.84 Å². The Morgan fingerprint density at radius 2 is 2.21 bits per heavy atom. The third kappa shape index (κ3) is 5.07. The van der Waals surface area contributed by atoms with Crippen LogP contribution in [0.5, 0.6) is 0 Å². The van der Waals surface area contributed by atoms with Gasteiger partial charge in [0.05, 0.1) is 5.56 Å². The van der Waals surface area contributed by atoms with E-state index < -0.39 is 17.9 Å². The molecule has 5 nitrogen and oxygen atoms in total. The van der Waals surface area contributed by atoms with E-state index in [1.165, 1.54) is 7.11 Å². The number of ether oxygens (including phenoxy) is 1. The fourth-order valence-corrected chi connectivity index (χ4v) is 2.32. The van der Waals surface area contributed by atoms with Gasteiger partial charge < -0.3 is 15.2 Å². The third-order valence-corrected chi connectivity index (χ3v) is 3.75. The average molecular weight is 442 g/mol. The van der Waals surface area contributed by atoms with Crippen molar-refractivity contribution in [3.05, 3.63) is 31.8 Å². The van der Waals surface area contributed by atoms with Crippen LogP contribution in [0, 0.1) is 3.57 Å². The quantitative estimate of drug-likeness (QED) is 0.664. The number of carbonyl (C=O) groups is 2. The lowest BCUT2D eigenvalue weighted by Gasteiger charge is -2.14. The van der Waals surface area contributed by atoms with Crippen LogP contribution in [-0.4, -0.2) is 36.7 Å². The Morgan fingerprint density at radius 3 is 2.79 bits per heavy atom. The minimum atomic E-state index is -1.08. The van der Waals surface area contributed by atoms with Gasteiger partial charge in [0.15, 0.2) is 0 Å². The first-order chi connectivity index (χ1) is 8.95. The molecule has 0 aliphatic rings. The van der Waals surface area contributed by atoms with E-state index in [-0.39, 0.29) is 13.0 Å². The van der Waals surface area contributed by atoms with Crippen LogP contribution in [0.2, 0.25) is 0 Å². The summed E-state index contributed by atoms with van der Waals surface area (Å²) in [5.74, 6) is -1.50. The SMILES string of the molecule is COCCC(NC(=O)c1cc(I)ccc1Br)C(=O)O. The largest absolute Gasteiger partial charge is 0.480 e. The summed E-state index contributed by atoms with van der Waals surface area (Å²) in [5.41, 5.74) is 0.413. The van der Waals surface area contributed by atoms with Crippen LogP contribution in [0.1, 0.15) is 16.8 Å². The predicted octanol–water partition coefficient (Wildman–Crippen LogP) is 2.27. The van der Waals surface area contributed by atoms with Gasteiger partial charge in [0.1, 0.15) is 6.04 Å². The van der Waals surface area contributed by atoms with Crippen molar-refractivity contribution in [1.29, 1.82) is 0 Å². The minimum Gasteiger partial charge on any atom is -0.480 e. The molecule has 1 amide bonds. The Bertz CT molecular complexity index is 481. The number of carboxylic acids is 1. The first-order valence-corrected chi connectivity index (χ1v) is 7.30. The van der Waals surface area contributed by atoms with Crippen LogP contribution in [-0.2, 0) is 9.53 Å². The standard InChI is InChI=1S/C12H13BrINO4/c1-19-5-4-10(12(17)18)15-11(16)8-6-7(14)2-3-9(8)13/h2-3,6,10H,4-5H2,1H3,(H,15,16)(H,17,18). The molecule has 19 heavy (non-hydrogen) atoms. The molecule has 1 aromatic rings. The van der Waals surface area contributed by atoms with E-state index >= 15 is 0 Å². The number of benzene rings is 1. The summed E-state index contributed by atoms with van der Waals surface area (Å²) in [4.78, 5) is 23.1. The molecule has 0 spiro atoms. The molecule has 0 aliphatic heterocycles. The van der Waals surface area contributed by atoms with Crippen LogP contribution < -0.4 is 5.32 Å². The first-order valence-electron chi connectivity index (χ1n) is 5.43. The lowest BCUT2D eigenvalue weighted by molar-refractivity contribution is -0.139. The summed E-state index contributed by atoms with van der Waals surface area (Å²) in [5, 5.41) is 11.5. The maximum atomic E-state index is 12.0. The van der Waals surface area contributed by atoms with Gasteiger partial charge in [-0.25, -0.2) is 4.79 Å². The first kappa shape index (κ1) is 16.4. The Morgan fingerprint density at radius 1 is 1.53 bits per heavy atom. The van der Waals surface area contributed by atoms with E-state index in [1.54, 1.807) is 12.1 Å². The topological polar surface area (TPSA) is 75.6 Å². The van der Waals surface area contributed by atoms with Gasteiger partial charge in [0.25, 0.3) is 5.91 Å². The van der Waals surface area contributed by atoms with Gasteiger partial charge in [0.2, 0.25) is 0 Å². The Kier molecular flexibility index (Phi) is 6.73. The molecule has 0 bridgehead atoms. The molecule has 0 saturated carbocycles. The zero-order chi connectivity index (χ0) is 14.4. The number of methoxy groups -OCH3 is 1. The number of nitrogens with one attached hydrogen (secondary N) is 1. The molecule has 104 valence electrons. The van der Waals surface area contributed by atoms with E-state index in [0.29, 0.717) is 10.0 Å². The van der Waals surface area contributed by atoms with Crippen molar-refractivity contribution in [2.24, 2.45) is 0 Å². The maximum Gasteiger partial charge on any atom is 0.326 e. The molecule has 7 heteroatoms. The van der Waals surface area contributed by atoms with Crippen LogP contribution in [0.3, 0.4) is 0 Å². The molecule has 2 N–H and O–H groups in total. The third-order valence-electron chi connectivity index (χ3n) is 2.39. The van der Waals surface area contributed by atoms with Gasteiger partial charge in [0, 0.05) is 28.2 Å². The number of rotatable bonds is 6. The molecule has 0 aromatic heterocycles. The van der Waals surface area contributed by atoms with Gasteiger partial charge in [-0.15, -0.1) is 0 Å². The zero-order valence-corrected chi connectivity index (χ0v) is 13.9. The molecule has 1 unspecified atom stereocenters. The van der Waals surface area contributed by atoms with E-state index in [2.05, 4.69) is 43.8 Å². The van der Waals surface area contributed by atoms with Crippen LogP contribution >= 0.6 is 38.5 Å². The van der Waals surface area contributed by atoms with Crippen LogP contribution in [0.15, 0.2) is 22.7 Å². The molecule has 0 saturated heterocycles. The van der Waals surface area contributed by atoms with Crippen LogP contribution in [0.25, 0.3) is 0 Å². The summed E-state index contributed by atoms with van der Waals surface area (Å²) < 4.78 is 6.35. The smallest absolute Gasteiger partial charge is 0.326 e. The normalized spacial score (nSPS) is 11.9. The second kappa shape index (κ2) is 7.81. The van der Waals surface area contributed by atoms with Gasteiger partial charge in [-0.3, -0.25) is 4.79 Å². The monoisotopic (exact) mass is 441 g/mol. The van der Waals surface area contributed by atoms with Gasteiger partial charge in [-0.1, -0.05) is 0 Å². The maximum absolute atomic E-state index is 12.0. The van der Waals surface area contributed by atoms with Gasteiger partial charge in [-0.2, -0.15) is 0 Å². The Balaban J connectivity index is 2.81. The number of carboxylic acid groups (broad SMARTS) is 1. The zero-order valence-electron chi connectivity index (χ0n) is 10.2. The molecule has 0 radical (unpaired) electrons. The highest BCUT2D eigenvalue weighted by atomic mass is 127. The summed E-state index contributed by atoms with van der Waals surface area (Å²) in [6.07, 6.45) is 0.221. The molecule has 0 fully saturated rings. The van der Waals surface area contributed by atoms with Gasteiger partial charge in [-0.05, 0) is 56.7 Å². The second-order valence-electron chi connectivity index (χ2n) is 3.77. The van der Waals surface area contributed by atoms with Crippen molar-refractivity contribution in [2.45, 2.75) is 12.5 Å². The summed E-state index contributed by atoms with van der Waals surface area (Å²) >= 11 is 5.36. The Labute approximate surface area is 133 Å². The molecule has 0 heterocycles. The van der Waals surface area contributed by atoms with Gasteiger partial charge >= 0.3 is 5.97 Å². The summed E-state index contributed by atoms with van der Waals surface area (Å²) in [6, 6.07) is 4.33. The van der Waals surface area contributed by atoms with E-state index in [1.807, 2.05) is 6.07 Å². The minimum absolute atomic E-state index is 0.221. The van der Waals surface area contributed by atoms with E-state index in [9.17, 15) is 9.59 Å². The van der Waals surface area contributed by atoms with Crippen molar-refractivity contribution in [3.63, 3.8) is 0 Å². The molecular formula is C12H13BrINO4. The molecule has 0 aliphatic carbocycles. The molecule has 1 atom stereocenters. The van der Waals surface area contributed by atoms with Crippen molar-refractivity contribution in [3.8, 4) is 0 Å². The van der Waals surface area contributed by atoms with Crippen molar-refractivity contribution < 1.29 is 19.4 Å².